The summed E-state index contributed by atoms with van der Waals surface area (Å²) in [7, 11) is -0.626. The van der Waals surface area contributed by atoms with Crippen LogP contribution >= 0.6 is 11.6 Å². The Morgan fingerprint density at radius 2 is 1.71 bits per heavy atom. The molecule has 0 aliphatic rings. The second-order valence-electron chi connectivity index (χ2n) is 6.38. The summed E-state index contributed by atoms with van der Waals surface area (Å²) >= 11 is 5.99. The molecular weight excluding hydrogens is 398 g/mol. The van der Waals surface area contributed by atoms with E-state index in [0.29, 0.717) is 18.5 Å². The molecule has 148 valence electrons. The van der Waals surface area contributed by atoms with Gasteiger partial charge in [0, 0.05) is 33.6 Å². The molecule has 0 radical (unpaired) electrons. The molecule has 8 heteroatoms. The van der Waals surface area contributed by atoms with E-state index in [4.69, 9.17) is 16.9 Å². The lowest BCUT2D eigenvalue weighted by Gasteiger charge is -2.21. The van der Waals surface area contributed by atoms with Crippen LogP contribution < -0.4 is 0 Å². The van der Waals surface area contributed by atoms with E-state index in [2.05, 4.69) is 6.07 Å². The van der Waals surface area contributed by atoms with E-state index in [9.17, 15) is 13.2 Å². The van der Waals surface area contributed by atoms with Crippen molar-refractivity contribution >= 4 is 27.5 Å². The molecule has 0 heterocycles. The molecule has 6 nitrogen and oxygen atoms in total. The summed E-state index contributed by atoms with van der Waals surface area (Å²) in [5.74, 6) is -0.144. The molecule has 28 heavy (non-hydrogen) atoms. The van der Waals surface area contributed by atoms with Crippen molar-refractivity contribution < 1.29 is 13.2 Å². The average molecular weight is 420 g/mol. The number of halogens is 1. The zero-order chi connectivity index (χ0) is 20.7. The molecule has 0 aliphatic carbocycles. The summed E-state index contributed by atoms with van der Waals surface area (Å²) in [5.41, 5.74) is 1.62. The molecule has 1 amide bonds. The van der Waals surface area contributed by atoms with Crippen LogP contribution in [0.25, 0.3) is 0 Å². The Morgan fingerprint density at radius 3 is 2.32 bits per heavy atom. The van der Waals surface area contributed by atoms with Crippen LogP contribution in [0.2, 0.25) is 5.02 Å². The van der Waals surface area contributed by atoms with Gasteiger partial charge in [0.2, 0.25) is 15.9 Å². The number of carbonyl (C=O) groups excluding carboxylic acids is 1. The van der Waals surface area contributed by atoms with Crippen molar-refractivity contribution in [2.45, 2.75) is 17.7 Å². The van der Waals surface area contributed by atoms with Crippen molar-refractivity contribution in [3.63, 3.8) is 0 Å². The van der Waals surface area contributed by atoms with Crippen LogP contribution in [0.1, 0.15) is 17.5 Å². The number of hydrogen-bond donors (Lipinski definition) is 0. The number of hydrogen-bond acceptors (Lipinski definition) is 4. The van der Waals surface area contributed by atoms with Gasteiger partial charge in [0.15, 0.2) is 0 Å². The van der Waals surface area contributed by atoms with Gasteiger partial charge in [-0.25, -0.2) is 12.7 Å². The number of rotatable bonds is 8. The number of amides is 1. The third-order valence-electron chi connectivity index (χ3n) is 4.41. The number of nitriles is 1. The van der Waals surface area contributed by atoms with Gasteiger partial charge >= 0.3 is 0 Å². The lowest BCUT2D eigenvalue weighted by molar-refractivity contribution is -0.129. The van der Waals surface area contributed by atoms with E-state index < -0.39 is 10.0 Å². The fourth-order valence-electron chi connectivity index (χ4n) is 2.55. The van der Waals surface area contributed by atoms with Gasteiger partial charge in [-0.3, -0.25) is 4.79 Å². The van der Waals surface area contributed by atoms with Crippen LogP contribution in [0.5, 0.6) is 0 Å². The lowest BCUT2D eigenvalue weighted by Crippen LogP contribution is -2.34. The maximum absolute atomic E-state index is 12.6. The standard InChI is InChI=1S/C20H22ClN3O3S/c1-23(13-11-16-7-9-17(15-22)10-8-16)20(25)12-14-24(2)28(26,27)19-6-4-3-5-18(19)21/h3-10H,11-14H2,1-2H3. The van der Waals surface area contributed by atoms with E-state index in [1.54, 1.807) is 36.2 Å². The highest BCUT2D eigenvalue weighted by Gasteiger charge is 2.24. The molecule has 0 spiro atoms. The summed E-state index contributed by atoms with van der Waals surface area (Å²) < 4.78 is 26.3. The Labute approximate surface area is 171 Å². The number of benzene rings is 2. The minimum atomic E-state index is -3.75. The van der Waals surface area contributed by atoms with Crippen molar-refractivity contribution in [3.8, 4) is 6.07 Å². The van der Waals surface area contributed by atoms with Gasteiger partial charge in [-0.2, -0.15) is 5.26 Å². The molecule has 0 fully saturated rings. The maximum atomic E-state index is 12.6. The second kappa shape index (κ2) is 9.69. The predicted molar refractivity (Wildman–Crippen MR) is 108 cm³/mol. The first kappa shape index (κ1) is 21.9. The van der Waals surface area contributed by atoms with Gasteiger partial charge < -0.3 is 4.90 Å². The first-order valence-corrected chi connectivity index (χ1v) is 10.5. The van der Waals surface area contributed by atoms with Gasteiger partial charge in [0.25, 0.3) is 0 Å². The SMILES string of the molecule is CN(CCc1ccc(C#N)cc1)C(=O)CCN(C)S(=O)(=O)c1ccccc1Cl. The normalized spacial score (nSPS) is 11.2. The fourth-order valence-corrected chi connectivity index (χ4v) is 4.21. The quantitative estimate of drug-likeness (QED) is 0.658. The van der Waals surface area contributed by atoms with E-state index in [0.717, 1.165) is 9.87 Å². The highest BCUT2D eigenvalue weighted by molar-refractivity contribution is 7.89. The van der Waals surface area contributed by atoms with E-state index in [1.165, 1.54) is 19.2 Å². The smallest absolute Gasteiger partial charge is 0.244 e. The highest BCUT2D eigenvalue weighted by atomic mass is 35.5. The molecule has 0 bridgehead atoms. The van der Waals surface area contributed by atoms with Crippen LogP contribution in [0.3, 0.4) is 0 Å². The van der Waals surface area contributed by atoms with Crippen LogP contribution in [0.15, 0.2) is 53.4 Å². The fraction of sp³-hybridized carbons (Fsp3) is 0.300. The zero-order valence-corrected chi connectivity index (χ0v) is 17.4. The third kappa shape index (κ3) is 5.55. The van der Waals surface area contributed by atoms with Crippen molar-refractivity contribution in [2.24, 2.45) is 0 Å². The molecule has 2 rings (SSSR count). The van der Waals surface area contributed by atoms with Crippen molar-refractivity contribution in [1.29, 1.82) is 5.26 Å². The van der Waals surface area contributed by atoms with Crippen LogP contribution in [0.4, 0.5) is 0 Å². The van der Waals surface area contributed by atoms with Crippen LogP contribution in [0, 0.1) is 11.3 Å². The minimum absolute atomic E-state index is 0.0285. The predicted octanol–water partition coefficient (Wildman–Crippen LogP) is 2.92. The van der Waals surface area contributed by atoms with Crippen LogP contribution in [-0.2, 0) is 21.2 Å². The summed E-state index contributed by atoms with van der Waals surface area (Å²) in [5, 5.41) is 8.96. The number of likely N-dealkylation sites (N-methyl/N-ethyl adjacent to an activating group) is 1. The molecule has 0 N–H and O–H groups in total. The van der Waals surface area contributed by atoms with Crippen molar-refractivity contribution in [2.75, 3.05) is 27.2 Å². The lowest BCUT2D eigenvalue weighted by atomic mass is 10.1. The number of nitrogens with zero attached hydrogens (tertiary/aromatic N) is 3. The Bertz CT molecular complexity index is 969. The Morgan fingerprint density at radius 1 is 1.07 bits per heavy atom. The Kier molecular flexibility index (Phi) is 7.58. The topological polar surface area (TPSA) is 81.5 Å². The van der Waals surface area contributed by atoms with Gasteiger partial charge in [-0.1, -0.05) is 35.9 Å². The molecule has 0 unspecified atom stereocenters. The van der Waals surface area contributed by atoms with E-state index >= 15 is 0 Å². The molecule has 0 saturated heterocycles. The summed E-state index contributed by atoms with van der Waals surface area (Å²) in [4.78, 5) is 13.9. The first-order chi connectivity index (χ1) is 13.3. The third-order valence-corrected chi connectivity index (χ3v) is 6.77. The van der Waals surface area contributed by atoms with Gasteiger partial charge in [-0.15, -0.1) is 0 Å². The largest absolute Gasteiger partial charge is 0.345 e. The maximum Gasteiger partial charge on any atom is 0.244 e. The first-order valence-electron chi connectivity index (χ1n) is 8.69. The zero-order valence-electron chi connectivity index (χ0n) is 15.8. The van der Waals surface area contributed by atoms with Gasteiger partial charge in [-0.05, 0) is 36.2 Å². The van der Waals surface area contributed by atoms with Crippen LogP contribution in [-0.4, -0.2) is 50.7 Å². The number of sulfonamides is 1. The Balaban J connectivity index is 1.88. The van der Waals surface area contributed by atoms with Crippen molar-refractivity contribution in [1.82, 2.24) is 9.21 Å². The van der Waals surface area contributed by atoms with Gasteiger partial charge in [0.1, 0.15) is 4.90 Å². The molecule has 2 aromatic rings. The molecule has 0 aliphatic heterocycles. The van der Waals surface area contributed by atoms with E-state index in [-0.39, 0.29) is 28.8 Å². The monoisotopic (exact) mass is 419 g/mol. The minimum Gasteiger partial charge on any atom is -0.345 e. The highest BCUT2D eigenvalue weighted by Crippen LogP contribution is 2.23. The number of carbonyl (C=O) groups is 1. The molecule has 2 aromatic carbocycles. The summed E-state index contributed by atoms with van der Waals surface area (Å²) in [6.07, 6.45) is 0.728. The Hall–Kier alpha value is -2.40. The molecule has 0 aromatic heterocycles. The molecular formula is C20H22ClN3O3S. The molecule has 0 saturated carbocycles. The summed E-state index contributed by atoms with van der Waals surface area (Å²) in [6, 6.07) is 15.5. The average Bonchev–Trinajstić information content (AvgIpc) is 2.70. The summed E-state index contributed by atoms with van der Waals surface area (Å²) in [6.45, 7) is 0.569. The van der Waals surface area contributed by atoms with E-state index in [1.807, 2.05) is 12.1 Å². The van der Waals surface area contributed by atoms with Crippen molar-refractivity contribution in [3.05, 3.63) is 64.7 Å². The second-order valence-corrected chi connectivity index (χ2v) is 8.80. The molecule has 0 atom stereocenters. The van der Waals surface area contributed by atoms with Gasteiger partial charge in [0.05, 0.1) is 16.7 Å².